The number of benzene rings is 1. The summed E-state index contributed by atoms with van der Waals surface area (Å²) in [5, 5.41) is 10.7. The fraction of sp³-hybridized carbons (Fsp3) is 0.562. The topological polar surface area (TPSA) is 75.9 Å². The maximum Gasteiger partial charge on any atom is 0.272 e. The number of nitro benzene ring substituents is 1. The molecule has 1 amide bonds. The lowest BCUT2D eigenvalue weighted by molar-refractivity contribution is -0.385. The minimum Gasteiger partial charge on any atom is -0.376 e. The number of likely N-dealkylation sites (N-methyl/N-ethyl adjacent to an activating group) is 1. The minimum absolute atomic E-state index is 0.0442. The highest BCUT2D eigenvalue weighted by Gasteiger charge is 2.26. The molecule has 0 aliphatic carbocycles. The van der Waals surface area contributed by atoms with E-state index in [4.69, 9.17) is 4.74 Å². The van der Waals surface area contributed by atoms with Crippen molar-refractivity contribution in [3.63, 3.8) is 0 Å². The van der Waals surface area contributed by atoms with Crippen molar-refractivity contribution in [2.45, 2.75) is 18.9 Å². The smallest absolute Gasteiger partial charge is 0.272 e. The first-order valence-electron chi connectivity index (χ1n) is 7.88. The molecule has 0 saturated carbocycles. The van der Waals surface area contributed by atoms with Crippen molar-refractivity contribution in [2.75, 3.05) is 40.3 Å². The van der Waals surface area contributed by atoms with Crippen LogP contribution in [0.1, 0.15) is 23.2 Å². The van der Waals surface area contributed by atoms with E-state index in [1.54, 1.807) is 4.90 Å². The Kier molecular flexibility index (Phi) is 6.22. The van der Waals surface area contributed by atoms with Crippen molar-refractivity contribution < 1.29 is 18.8 Å². The van der Waals surface area contributed by atoms with Gasteiger partial charge < -0.3 is 14.5 Å². The Bertz CT molecular complexity index is 603. The van der Waals surface area contributed by atoms with E-state index in [0.717, 1.165) is 25.0 Å². The summed E-state index contributed by atoms with van der Waals surface area (Å²) in [5.74, 6) is -1.35. The van der Waals surface area contributed by atoms with Crippen molar-refractivity contribution in [1.82, 2.24) is 9.80 Å². The number of nitrogens with zero attached hydrogens (tertiary/aromatic N) is 3. The number of rotatable bonds is 7. The van der Waals surface area contributed by atoms with Crippen molar-refractivity contribution in [1.29, 1.82) is 0 Å². The van der Waals surface area contributed by atoms with Gasteiger partial charge in [0.25, 0.3) is 11.6 Å². The summed E-state index contributed by atoms with van der Waals surface area (Å²) in [5.41, 5.74) is -0.527. The number of non-ortho nitro benzene ring substituents is 1. The van der Waals surface area contributed by atoms with E-state index in [1.165, 1.54) is 6.07 Å². The summed E-state index contributed by atoms with van der Waals surface area (Å²) in [6.45, 7) is 2.13. The van der Waals surface area contributed by atoms with Crippen LogP contribution >= 0.6 is 0 Å². The maximum absolute atomic E-state index is 14.1. The van der Waals surface area contributed by atoms with E-state index in [1.807, 2.05) is 19.0 Å². The SMILES string of the molecule is CN(C)CCN(C[C@@H]1CCCO1)C(=O)c1ccc([N+](=O)[O-])cc1F. The van der Waals surface area contributed by atoms with Gasteiger partial charge in [-0.3, -0.25) is 14.9 Å². The van der Waals surface area contributed by atoms with Crippen molar-refractivity contribution in [3.05, 3.63) is 39.7 Å². The van der Waals surface area contributed by atoms with E-state index < -0.39 is 16.6 Å². The predicted molar refractivity (Wildman–Crippen MR) is 86.5 cm³/mol. The molecule has 0 radical (unpaired) electrons. The largest absolute Gasteiger partial charge is 0.376 e. The van der Waals surface area contributed by atoms with E-state index in [2.05, 4.69) is 0 Å². The van der Waals surface area contributed by atoms with Crippen molar-refractivity contribution in [3.8, 4) is 0 Å². The Morgan fingerprint density at radius 2 is 2.17 bits per heavy atom. The van der Waals surface area contributed by atoms with Gasteiger partial charge in [-0.05, 0) is 33.0 Å². The molecular weight excluding hydrogens is 317 g/mol. The number of carbonyl (C=O) groups is 1. The summed E-state index contributed by atoms with van der Waals surface area (Å²) in [6, 6.07) is 3.10. The zero-order valence-corrected chi connectivity index (χ0v) is 13.9. The van der Waals surface area contributed by atoms with Crippen molar-refractivity contribution in [2.24, 2.45) is 0 Å². The lowest BCUT2D eigenvalue weighted by Crippen LogP contribution is -2.41. The Labute approximate surface area is 140 Å². The molecule has 1 aliphatic heterocycles. The van der Waals surface area contributed by atoms with E-state index in [9.17, 15) is 19.3 Å². The Morgan fingerprint density at radius 3 is 2.71 bits per heavy atom. The normalized spacial score (nSPS) is 17.2. The number of amides is 1. The van der Waals surface area contributed by atoms with Crippen LogP contribution in [0.3, 0.4) is 0 Å². The third-order valence-corrected chi connectivity index (χ3v) is 3.95. The molecule has 0 bridgehead atoms. The highest BCUT2D eigenvalue weighted by Crippen LogP contribution is 2.20. The Balaban J connectivity index is 2.17. The van der Waals surface area contributed by atoms with E-state index >= 15 is 0 Å². The fourth-order valence-corrected chi connectivity index (χ4v) is 2.59. The number of nitro groups is 1. The molecule has 1 saturated heterocycles. The van der Waals surface area contributed by atoms with Crippen LogP contribution in [0, 0.1) is 15.9 Å². The Morgan fingerprint density at radius 1 is 1.42 bits per heavy atom. The molecule has 0 spiro atoms. The molecule has 1 aromatic rings. The van der Waals surface area contributed by atoms with Gasteiger partial charge in [0, 0.05) is 32.3 Å². The summed E-state index contributed by atoms with van der Waals surface area (Å²) in [6.07, 6.45) is 1.78. The average molecular weight is 339 g/mol. The number of halogens is 1. The van der Waals surface area contributed by atoms with E-state index in [-0.39, 0.29) is 17.4 Å². The quantitative estimate of drug-likeness (QED) is 0.560. The molecule has 24 heavy (non-hydrogen) atoms. The molecule has 132 valence electrons. The monoisotopic (exact) mass is 339 g/mol. The standard InChI is InChI=1S/C16H22FN3O4/c1-18(2)7-8-19(11-13-4-3-9-24-13)16(21)14-6-5-12(20(22)23)10-15(14)17/h5-6,10,13H,3-4,7-9,11H2,1-2H3/t13-/m0/s1. The highest BCUT2D eigenvalue weighted by molar-refractivity contribution is 5.94. The van der Waals surface area contributed by atoms with Crippen molar-refractivity contribution >= 4 is 11.6 Å². The van der Waals surface area contributed by atoms with Crippen LogP contribution in [0.4, 0.5) is 10.1 Å². The molecule has 1 atom stereocenters. The van der Waals surface area contributed by atoms with Gasteiger partial charge in [0.15, 0.2) is 0 Å². The molecular formula is C16H22FN3O4. The third kappa shape index (κ3) is 4.72. The first kappa shape index (κ1) is 18.3. The van der Waals surface area contributed by atoms with Crippen LogP contribution in [-0.2, 0) is 4.74 Å². The maximum atomic E-state index is 14.1. The number of carbonyl (C=O) groups excluding carboxylic acids is 1. The van der Waals surface area contributed by atoms with Gasteiger partial charge in [-0.15, -0.1) is 0 Å². The highest BCUT2D eigenvalue weighted by atomic mass is 19.1. The zero-order chi connectivity index (χ0) is 17.7. The molecule has 2 rings (SSSR count). The molecule has 1 fully saturated rings. The molecule has 7 nitrogen and oxygen atoms in total. The summed E-state index contributed by atoms with van der Waals surface area (Å²) in [7, 11) is 3.78. The van der Waals surface area contributed by atoms with Crippen LogP contribution in [0.5, 0.6) is 0 Å². The summed E-state index contributed by atoms with van der Waals surface area (Å²) in [4.78, 5) is 26.2. The third-order valence-electron chi connectivity index (χ3n) is 3.95. The first-order valence-corrected chi connectivity index (χ1v) is 7.88. The summed E-state index contributed by atoms with van der Waals surface area (Å²) >= 11 is 0. The number of hydrogen-bond donors (Lipinski definition) is 0. The second-order valence-electron chi connectivity index (χ2n) is 6.11. The predicted octanol–water partition coefficient (Wildman–Crippen LogP) is 1.92. The first-order chi connectivity index (χ1) is 11.4. The zero-order valence-electron chi connectivity index (χ0n) is 13.9. The Hall–Kier alpha value is -2.06. The second kappa shape index (κ2) is 8.16. The van der Waals surface area contributed by atoms with Gasteiger partial charge >= 0.3 is 0 Å². The molecule has 0 unspecified atom stereocenters. The second-order valence-corrected chi connectivity index (χ2v) is 6.11. The van der Waals surface area contributed by atoms with Gasteiger partial charge in [-0.25, -0.2) is 4.39 Å². The number of hydrogen-bond acceptors (Lipinski definition) is 5. The van der Waals surface area contributed by atoms with Gasteiger partial charge in [0.1, 0.15) is 5.82 Å². The van der Waals surface area contributed by atoms with Crippen LogP contribution < -0.4 is 0 Å². The van der Waals surface area contributed by atoms with Gasteiger partial charge in [0.2, 0.25) is 0 Å². The molecule has 1 aliphatic rings. The molecule has 0 aromatic heterocycles. The average Bonchev–Trinajstić information content (AvgIpc) is 3.03. The minimum atomic E-state index is -0.878. The van der Waals surface area contributed by atoms with E-state index in [0.29, 0.717) is 26.2 Å². The molecule has 1 heterocycles. The fourth-order valence-electron chi connectivity index (χ4n) is 2.59. The van der Waals surface area contributed by atoms with Crippen LogP contribution in [0.25, 0.3) is 0 Å². The van der Waals surface area contributed by atoms with Gasteiger partial charge in [-0.1, -0.05) is 0 Å². The van der Waals surface area contributed by atoms with Gasteiger partial charge in [-0.2, -0.15) is 0 Å². The summed E-state index contributed by atoms with van der Waals surface area (Å²) < 4.78 is 19.7. The van der Waals surface area contributed by atoms with Gasteiger partial charge in [0.05, 0.1) is 22.7 Å². The van der Waals surface area contributed by atoms with Crippen LogP contribution in [-0.4, -0.2) is 67.1 Å². The molecule has 0 N–H and O–H groups in total. The lowest BCUT2D eigenvalue weighted by atomic mass is 10.1. The van der Waals surface area contributed by atoms with Crippen LogP contribution in [0.2, 0.25) is 0 Å². The molecule has 1 aromatic carbocycles. The number of ether oxygens (including phenoxy) is 1. The lowest BCUT2D eigenvalue weighted by Gasteiger charge is -2.27. The molecule has 8 heteroatoms. The van der Waals surface area contributed by atoms with Crippen LogP contribution in [0.15, 0.2) is 18.2 Å².